The molecule has 24 heavy (non-hydrogen) atoms. The number of benzene rings is 1. The number of nitrogens with zero attached hydrogens (tertiary/aromatic N) is 3. The lowest BCUT2D eigenvalue weighted by atomic mass is 9.89. The van der Waals surface area contributed by atoms with Crippen LogP contribution in [0.25, 0.3) is 10.9 Å². The van der Waals surface area contributed by atoms with E-state index in [0.29, 0.717) is 0 Å². The number of anilines is 1. The number of aryl methyl sites for hydroxylation is 1. The molecule has 2 fully saturated rings. The van der Waals surface area contributed by atoms with Gasteiger partial charge < -0.3 is 14.5 Å². The summed E-state index contributed by atoms with van der Waals surface area (Å²) in [5.74, 6) is 0. The van der Waals surface area contributed by atoms with E-state index in [1.54, 1.807) is 0 Å². The van der Waals surface area contributed by atoms with Crippen molar-refractivity contribution in [1.82, 2.24) is 9.88 Å². The molecule has 1 spiro atoms. The summed E-state index contributed by atoms with van der Waals surface area (Å²) in [4.78, 5) is 9.41. The lowest BCUT2D eigenvalue weighted by Gasteiger charge is -2.47. The highest BCUT2D eigenvalue weighted by molar-refractivity contribution is 6.31. The van der Waals surface area contributed by atoms with Gasteiger partial charge in [-0.25, -0.2) is 0 Å². The van der Waals surface area contributed by atoms with Crippen molar-refractivity contribution in [2.45, 2.75) is 25.4 Å². The van der Waals surface area contributed by atoms with Gasteiger partial charge >= 0.3 is 0 Å². The second-order valence-corrected chi connectivity index (χ2v) is 7.64. The Hall–Kier alpha value is -1.36. The predicted octanol–water partition coefficient (Wildman–Crippen LogP) is 3.50. The number of piperidine rings is 1. The Balaban J connectivity index is 1.61. The average molecular weight is 346 g/mol. The number of aromatic nitrogens is 1. The first-order chi connectivity index (χ1) is 11.6. The molecule has 2 saturated heterocycles. The Bertz CT molecular complexity index is 756. The van der Waals surface area contributed by atoms with Crippen LogP contribution in [0, 0.1) is 6.92 Å². The number of fused-ring (bicyclic) bond motifs is 1. The Morgan fingerprint density at radius 3 is 2.75 bits per heavy atom. The van der Waals surface area contributed by atoms with Crippen molar-refractivity contribution in [2.75, 3.05) is 44.7 Å². The van der Waals surface area contributed by atoms with Crippen LogP contribution in [-0.2, 0) is 4.74 Å². The van der Waals surface area contributed by atoms with E-state index in [0.717, 1.165) is 67.1 Å². The van der Waals surface area contributed by atoms with E-state index in [1.807, 2.05) is 18.3 Å². The maximum Gasteiger partial charge on any atom is 0.0842 e. The van der Waals surface area contributed by atoms with Gasteiger partial charge in [0.2, 0.25) is 0 Å². The average Bonchev–Trinajstić information content (AvgIpc) is 2.55. The second-order valence-electron chi connectivity index (χ2n) is 7.21. The molecule has 0 N–H and O–H groups in total. The molecule has 0 radical (unpaired) electrons. The van der Waals surface area contributed by atoms with Gasteiger partial charge in [0.15, 0.2) is 0 Å². The van der Waals surface area contributed by atoms with Crippen molar-refractivity contribution < 1.29 is 4.74 Å². The molecule has 2 aliphatic heterocycles. The Morgan fingerprint density at radius 2 is 2.00 bits per heavy atom. The molecule has 0 atom stereocenters. The smallest absolute Gasteiger partial charge is 0.0842 e. The Kier molecular flexibility index (Phi) is 4.15. The van der Waals surface area contributed by atoms with Crippen molar-refractivity contribution in [3.63, 3.8) is 0 Å². The van der Waals surface area contributed by atoms with Crippen LogP contribution in [0.4, 0.5) is 5.69 Å². The molecule has 0 bridgehead atoms. The van der Waals surface area contributed by atoms with Crippen molar-refractivity contribution >= 4 is 28.2 Å². The number of morpholine rings is 1. The summed E-state index contributed by atoms with van der Waals surface area (Å²) in [6, 6.07) is 6.14. The minimum Gasteiger partial charge on any atom is -0.372 e. The number of halogens is 1. The fourth-order valence-corrected chi connectivity index (χ4v) is 4.42. The predicted molar refractivity (Wildman–Crippen MR) is 99.1 cm³/mol. The molecule has 3 heterocycles. The Morgan fingerprint density at radius 1 is 1.21 bits per heavy atom. The zero-order valence-electron chi connectivity index (χ0n) is 14.4. The van der Waals surface area contributed by atoms with E-state index in [2.05, 4.69) is 34.8 Å². The van der Waals surface area contributed by atoms with Gasteiger partial charge in [0.1, 0.15) is 0 Å². The molecule has 1 aromatic carbocycles. The molecular weight excluding hydrogens is 322 g/mol. The van der Waals surface area contributed by atoms with E-state index in [-0.39, 0.29) is 5.60 Å². The van der Waals surface area contributed by atoms with Gasteiger partial charge in [0, 0.05) is 48.5 Å². The topological polar surface area (TPSA) is 28.6 Å². The standard InChI is InChI=1S/C19H24ClN3O/c1-14-11-15(20)12-16-17(3-6-21-18(14)16)23-7-4-19(5-8-23)13-22(2)9-10-24-19/h3,6,11-12H,4-5,7-10,13H2,1-2H3. The first-order valence-corrected chi connectivity index (χ1v) is 9.06. The maximum atomic E-state index is 6.30. The van der Waals surface area contributed by atoms with E-state index < -0.39 is 0 Å². The van der Waals surface area contributed by atoms with E-state index >= 15 is 0 Å². The molecule has 0 aliphatic carbocycles. The first kappa shape index (κ1) is 16.1. The molecule has 1 aromatic heterocycles. The quantitative estimate of drug-likeness (QED) is 0.791. The summed E-state index contributed by atoms with van der Waals surface area (Å²) in [6.45, 7) is 7.03. The highest BCUT2D eigenvalue weighted by atomic mass is 35.5. The SMILES string of the molecule is Cc1cc(Cl)cc2c(N3CCC4(CC3)CN(C)CCO4)ccnc12. The van der Waals surface area contributed by atoms with Gasteiger partial charge in [-0.3, -0.25) is 4.98 Å². The Labute approximate surface area is 148 Å². The summed E-state index contributed by atoms with van der Waals surface area (Å²) in [5, 5.41) is 1.93. The van der Waals surface area contributed by atoms with Gasteiger partial charge in [-0.05, 0) is 50.6 Å². The van der Waals surface area contributed by atoms with Crippen molar-refractivity contribution in [3.05, 3.63) is 35.0 Å². The molecule has 2 aromatic rings. The number of hydrogen-bond donors (Lipinski definition) is 0. The van der Waals surface area contributed by atoms with Gasteiger partial charge in [0.25, 0.3) is 0 Å². The van der Waals surface area contributed by atoms with Crippen LogP contribution in [0.5, 0.6) is 0 Å². The zero-order valence-corrected chi connectivity index (χ0v) is 15.1. The second kappa shape index (κ2) is 6.17. The maximum absolute atomic E-state index is 6.30. The van der Waals surface area contributed by atoms with Gasteiger partial charge in [-0.15, -0.1) is 0 Å². The summed E-state index contributed by atoms with van der Waals surface area (Å²) in [7, 11) is 2.19. The van der Waals surface area contributed by atoms with Crippen LogP contribution < -0.4 is 4.90 Å². The third-order valence-electron chi connectivity index (χ3n) is 5.43. The lowest BCUT2D eigenvalue weighted by Crippen LogP contribution is -2.56. The van der Waals surface area contributed by atoms with Crippen molar-refractivity contribution in [1.29, 1.82) is 0 Å². The normalized spacial score (nSPS) is 21.5. The van der Waals surface area contributed by atoms with Crippen molar-refractivity contribution in [2.24, 2.45) is 0 Å². The summed E-state index contributed by atoms with van der Waals surface area (Å²) in [5.41, 5.74) is 3.46. The van der Waals surface area contributed by atoms with Gasteiger partial charge in [0.05, 0.1) is 17.7 Å². The largest absolute Gasteiger partial charge is 0.372 e. The van der Waals surface area contributed by atoms with Gasteiger partial charge in [-0.1, -0.05) is 11.6 Å². The lowest BCUT2D eigenvalue weighted by molar-refractivity contribution is -0.115. The molecular formula is C19H24ClN3O. The van der Waals surface area contributed by atoms with Crippen LogP contribution >= 0.6 is 11.6 Å². The minimum atomic E-state index is 0.0416. The number of ether oxygens (including phenoxy) is 1. The van der Waals surface area contributed by atoms with Gasteiger partial charge in [-0.2, -0.15) is 0 Å². The summed E-state index contributed by atoms with van der Waals surface area (Å²) < 4.78 is 6.18. The summed E-state index contributed by atoms with van der Waals surface area (Å²) >= 11 is 6.30. The minimum absolute atomic E-state index is 0.0416. The first-order valence-electron chi connectivity index (χ1n) is 8.69. The van der Waals surface area contributed by atoms with E-state index in [4.69, 9.17) is 16.3 Å². The molecule has 2 aliphatic rings. The number of likely N-dealkylation sites (N-methyl/N-ethyl adjacent to an activating group) is 1. The molecule has 128 valence electrons. The number of rotatable bonds is 1. The third kappa shape index (κ3) is 2.87. The highest BCUT2D eigenvalue weighted by Gasteiger charge is 2.39. The van der Waals surface area contributed by atoms with Crippen molar-refractivity contribution in [3.8, 4) is 0 Å². The third-order valence-corrected chi connectivity index (χ3v) is 5.65. The molecule has 0 amide bonds. The monoisotopic (exact) mass is 345 g/mol. The molecule has 4 rings (SSSR count). The highest BCUT2D eigenvalue weighted by Crippen LogP contribution is 2.35. The molecule has 4 nitrogen and oxygen atoms in total. The van der Waals surface area contributed by atoms with Crippen LogP contribution in [0.2, 0.25) is 5.02 Å². The summed E-state index contributed by atoms with van der Waals surface area (Å²) in [6.07, 6.45) is 4.05. The van der Waals surface area contributed by atoms with E-state index in [9.17, 15) is 0 Å². The van der Waals surface area contributed by atoms with Crippen LogP contribution in [-0.4, -0.2) is 55.3 Å². The van der Waals surface area contributed by atoms with E-state index in [1.165, 1.54) is 5.69 Å². The number of pyridine rings is 1. The number of hydrogen-bond acceptors (Lipinski definition) is 4. The molecule has 0 unspecified atom stereocenters. The zero-order chi connectivity index (χ0) is 16.7. The fraction of sp³-hybridized carbons (Fsp3) is 0.526. The fourth-order valence-electron chi connectivity index (χ4n) is 4.14. The van der Waals surface area contributed by atoms with Crippen LogP contribution in [0.3, 0.4) is 0 Å². The van der Waals surface area contributed by atoms with Crippen LogP contribution in [0.15, 0.2) is 24.4 Å². The molecule has 0 saturated carbocycles. The molecule has 5 heteroatoms. The van der Waals surface area contributed by atoms with Crippen LogP contribution in [0.1, 0.15) is 18.4 Å².